The fourth-order valence-corrected chi connectivity index (χ4v) is 4.27. The van der Waals surface area contributed by atoms with Crippen LogP contribution in [-0.4, -0.2) is 66.1 Å². The summed E-state index contributed by atoms with van der Waals surface area (Å²) in [5.41, 5.74) is 0.986. The summed E-state index contributed by atoms with van der Waals surface area (Å²) in [6.45, 7) is 8.43. The summed E-state index contributed by atoms with van der Waals surface area (Å²) in [5, 5.41) is 9.92. The van der Waals surface area contributed by atoms with Crippen LogP contribution >= 0.6 is 0 Å². The van der Waals surface area contributed by atoms with Crippen LogP contribution in [0.1, 0.15) is 51.5 Å². The van der Waals surface area contributed by atoms with E-state index < -0.39 is 11.9 Å². The van der Waals surface area contributed by atoms with Crippen molar-refractivity contribution < 1.29 is 19.4 Å². The van der Waals surface area contributed by atoms with Crippen molar-refractivity contribution in [2.75, 3.05) is 33.3 Å². The lowest BCUT2D eigenvalue weighted by molar-refractivity contribution is -0.143. The smallest absolute Gasteiger partial charge is 0.308 e. The molecular formula is C22H34N2O4. The van der Waals surface area contributed by atoms with Gasteiger partial charge in [-0.1, -0.05) is 32.4 Å². The molecular weight excluding hydrogens is 356 g/mol. The van der Waals surface area contributed by atoms with Gasteiger partial charge < -0.3 is 14.7 Å². The van der Waals surface area contributed by atoms with E-state index in [1.807, 2.05) is 43.0 Å². The molecule has 2 rings (SSSR count). The van der Waals surface area contributed by atoms with Gasteiger partial charge in [-0.2, -0.15) is 0 Å². The number of carboxylic acid groups (broad SMARTS) is 1. The third kappa shape index (κ3) is 5.04. The first-order chi connectivity index (χ1) is 13.5. The van der Waals surface area contributed by atoms with Gasteiger partial charge in [-0.05, 0) is 37.5 Å². The van der Waals surface area contributed by atoms with E-state index in [9.17, 15) is 14.7 Å². The number of carbonyl (C=O) groups is 2. The molecule has 6 nitrogen and oxygen atoms in total. The Morgan fingerprint density at radius 3 is 2.39 bits per heavy atom. The highest BCUT2D eigenvalue weighted by atomic mass is 16.5. The van der Waals surface area contributed by atoms with Crippen LogP contribution in [0.25, 0.3) is 0 Å². The van der Waals surface area contributed by atoms with Crippen molar-refractivity contribution in [1.29, 1.82) is 0 Å². The lowest BCUT2D eigenvalue weighted by atomic mass is 9.84. The van der Waals surface area contributed by atoms with Crippen molar-refractivity contribution in [2.45, 2.75) is 52.0 Å². The second kappa shape index (κ2) is 10.5. The number of ether oxygens (including phenoxy) is 1. The zero-order valence-corrected chi connectivity index (χ0v) is 17.6. The first-order valence-electron chi connectivity index (χ1n) is 10.3. The van der Waals surface area contributed by atoms with E-state index in [1.54, 1.807) is 7.11 Å². The fraction of sp³-hybridized carbons (Fsp3) is 0.636. The summed E-state index contributed by atoms with van der Waals surface area (Å²) in [6, 6.07) is 7.48. The van der Waals surface area contributed by atoms with Crippen LogP contribution < -0.4 is 4.74 Å². The quantitative estimate of drug-likeness (QED) is 0.664. The van der Waals surface area contributed by atoms with Crippen molar-refractivity contribution in [1.82, 2.24) is 9.80 Å². The molecule has 0 aromatic heterocycles. The van der Waals surface area contributed by atoms with Gasteiger partial charge in [0.05, 0.1) is 19.6 Å². The largest absolute Gasteiger partial charge is 0.497 e. The molecule has 0 radical (unpaired) electrons. The number of unbranched alkanes of at least 4 members (excludes halogenated alkanes) is 1. The lowest BCUT2D eigenvalue weighted by Crippen LogP contribution is -2.44. The number of hydrogen-bond acceptors (Lipinski definition) is 4. The van der Waals surface area contributed by atoms with Gasteiger partial charge in [0.15, 0.2) is 0 Å². The molecule has 1 amide bonds. The Kier molecular flexibility index (Phi) is 8.30. The Morgan fingerprint density at radius 1 is 1.21 bits per heavy atom. The molecule has 1 aromatic rings. The Morgan fingerprint density at radius 2 is 1.89 bits per heavy atom. The third-order valence-corrected chi connectivity index (χ3v) is 5.85. The monoisotopic (exact) mass is 390 g/mol. The summed E-state index contributed by atoms with van der Waals surface area (Å²) in [4.78, 5) is 28.9. The molecule has 1 saturated heterocycles. The van der Waals surface area contributed by atoms with Gasteiger partial charge in [-0.15, -0.1) is 0 Å². The molecule has 0 bridgehead atoms. The van der Waals surface area contributed by atoms with Crippen molar-refractivity contribution in [3.05, 3.63) is 29.8 Å². The van der Waals surface area contributed by atoms with E-state index in [2.05, 4.69) is 11.8 Å². The van der Waals surface area contributed by atoms with E-state index in [-0.39, 0.29) is 24.4 Å². The number of methoxy groups -OCH3 is 1. The first-order valence-corrected chi connectivity index (χ1v) is 10.3. The zero-order chi connectivity index (χ0) is 20.7. The second-order valence-corrected chi connectivity index (χ2v) is 7.48. The van der Waals surface area contributed by atoms with Crippen LogP contribution in [0.3, 0.4) is 0 Å². The van der Waals surface area contributed by atoms with E-state index in [0.29, 0.717) is 19.5 Å². The van der Waals surface area contributed by atoms with Crippen LogP contribution in [-0.2, 0) is 9.59 Å². The maximum Gasteiger partial charge on any atom is 0.308 e. The maximum absolute atomic E-state index is 12.8. The molecule has 3 atom stereocenters. The van der Waals surface area contributed by atoms with Gasteiger partial charge in [0.1, 0.15) is 5.75 Å². The van der Waals surface area contributed by atoms with E-state index in [0.717, 1.165) is 30.7 Å². The van der Waals surface area contributed by atoms with Crippen LogP contribution in [0, 0.1) is 5.92 Å². The molecule has 1 N–H and O–H groups in total. The Balaban J connectivity index is 2.20. The van der Waals surface area contributed by atoms with Gasteiger partial charge in [-0.3, -0.25) is 14.5 Å². The zero-order valence-electron chi connectivity index (χ0n) is 17.6. The predicted molar refractivity (Wildman–Crippen MR) is 110 cm³/mol. The van der Waals surface area contributed by atoms with Crippen molar-refractivity contribution in [3.8, 4) is 5.75 Å². The number of likely N-dealkylation sites (tertiary alicyclic amines) is 1. The van der Waals surface area contributed by atoms with Crippen LogP contribution in [0.4, 0.5) is 0 Å². The molecule has 0 unspecified atom stereocenters. The highest BCUT2D eigenvalue weighted by molar-refractivity contribution is 5.79. The fourth-order valence-electron chi connectivity index (χ4n) is 4.27. The maximum atomic E-state index is 12.8. The summed E-state index contributed by atoms with van der Waals surface area (Å²) < 4.78 is 5.22. The standard InChI is InChI=1S/C22H34N2O4/c1-5-8-13-23(7-3)20(25)15-24-14-18(21(22(26)27)19(24)6-2)16-9-11-17(28-4)12-10-16/h9-12,18-19,21H,5-8,13-15H2,1-4H3,(H,26,27)/t18-,19+,21-/m1/s1. The van der Waals surface area contributed by atoms with Gasteiger partial charge in [0.25, 0.3) is 0 Å². The number of carbonyl (C=O) groups excluding carboxylic acids is 1. The summed E-state index contributed by atoms with van der Waals surface area (Å²) >= 11 is 0. The van der Waals surface area contributed by atoms with Gasteiger partial charge in [0, 0.05) is 31.6 Å². The summed E-state index contributed by atoms with van der Waals surface area (Å²) in [7, 11) is 1.61. The summed E-state index contributed by atoms with van der Waals surface area (Å²) in [6.07, 6.45) is 2.74. The van der Waals surface area contributed by atoms with Crippen molar-refractivity contribution in [3.63, 3.8) is 0 Å². The summed E-state index contributed by atoms with van der Waals surface area (Å²) in [5.74, 6) is -0.596. The van der Waals surface area contributed by atoms with Crippen LogP contribution in [0.5, 0.6) is 5.75 Å². The highest BCUT2D eigenvalue weighted by Gasteiger charge is 2.46. The Labute approximate surface area is 168 Å². The number of carboxylic acids is 1. The minimum absolute atomic E-state index is 0.0916. The molecule has 1 aliphatic rings. The van der Waals surface area contributed by atoms with Gasteiger partial charge in [0.2, 0.25) is 5.91 Å². The minimum atomic E-state index is -0.791. The molecule has 0 spiro atoms. The molecule has 1 fully saturated rings. The average Bonchev–Trinajstić information content (AvgIpc) is 3.07. The van der Waals surface area contributed by atoms with E-state index >= 15 is 0 Å². The number of nitrogens with zero attached hydrogens (tertiary/aromatic N) is 2. The molecule has 6 heteroatoms. The number of rotatable bonds is 10. The number of likely N-dealkylation sites (N-methyl/N-ethyl adjacent to an activating group) is 1. The second-order valence-electron chi connectivity index (χ2n) is 7.48. The Hall–Kier alpha value is -2.08. The van der Waals surface area contributed by atoms with Crippen molar-refractivity contribution in [2.24, 2.45) is 5.92 Å². The molecule has 0 saturated carbocycles. The van der Waals surface area contributed by atoms with Gasteiger partial charge in [-0.25, -0.2) is 0 Å². The normalized spacial score (nSPS) is 22.2. The Bertz CT molecular complexity index is 646. The van der Waals surface area contributed by atoms with E-state index in [1.165, 1.54) is 0 Å². The third-order valence-electron chi connectivity index (χ3n) is 5.85. The number of amides is 1. The topological polar surface area (TPSA) is 70.1 Å². The molecule has 156 valence electrons. The van der Waals surface area contributed by atoms with Crippen LogP contribution in [0.2, 0.25) is 0 Å². The minimum Gasteiger partial charge on any atom is -0.497 e. The molecule has 0 aliphatic carbocycles. The number of hydrogen-bond donors (Lipinski definition) is 1. The molecule has 1 aliphatic heterocycles. The van der Waals surface area contributed by atoms with Crippen LogP contribution in [0.15, 0.2) is 24.3 Å². The lowest BCUT2D eigenvalue weighted by Gasteiger charge is -2.28. The molecule has 1 aromatic carbocycles. The molecule has 28 heavy (non-hydrogen) atoms. The SMILES string of the molecule is CCCCN(CC)C(=O)CN1C[C@H](c2ccc(OC)cc2)[C@@H](C(=O)O)[C@@H]1CC. The predicted octanol–water partition coefficient (Wildman–Crippen LogP) is 3.22. The number of benzene rings is 1. The molecule has 1 heterocycles. The average molecular weight is 391 g/mol. The first kappa shape index (κ1) is 22.2. The van der Waals surface area contributed by atoms with Crippen molar-refractivity contribution >= 4 is 11.9 Å². The number of aliphatic carboxylic acids is 1. The van der Waals surface area contributed by atoms with E-state index in [4.69, 9.17) is 4.74 Å². The highest BCUT2D eigenvalue weighted by Crippen LogP contribution is 2.39. The van der Waals surface area contributed by atoms with Gasteiger partial charge >= 0.3 is 5.97 Å².